The van der Waals surface area contributed by atoms with Gasteiger partial charge in [-0.15, -0.1) is 10.2 Å². The van der Waals surface area contributed by atoms with Crippen LogP contribution in [-0.4, -0.2) is 31.7 Å². The average molecular weight is 270 g/mol. The fourth-order valence-electron chi connectivity index (χ4n) is 1.53. The maximum Gasteiger partial charge on any atom is 0.335 e. The minimum atomic E-state index is -0.986. The molecule has 20 heavy (non-hydrogen) atoms. The van der Waals surface area contributed by atoms with E-state index in [-0.39, 0.29) is 17.0 Å². The number of aryl methyl sites for hydroxylation is 1. The molecule has 8 heteroatoms. The zero-order valence-electron chi connectivity index (χ0n) is 10.5. The summed E-state index contributed by atoms with van der Waals surface area (Å²) in [5.74, 6) is -0.806. The van der Waals surface area contributed by atoms with E-state index in [0.29, 0.717) is 5.69 Å². The Kier molecular flexibility index (Phi) is 3.72. The van der Waals surface area contributed by atoms with Crippen molar-refractivity contribution in [3.8, 4) is 6.07 Å². The molecule has 0 unspecified atom stereocenters. The lowest BCUT2D eigenvalue weighted by molar-refractivity contribution is 0.0697. The fraction of sp³-hybridized carbons (Fsp3) is 0.0833. The lowest BCUT2D eigenvalue weighted by atomic mass is 10.1. The Hall–Kier alpha value is -3.21. The van der Waals surface area contributed by atoms with E-state index in [1.807, 2.05) is 6.07 Å². The largest absolute Gasteiger partial charge is 0.478 e. The van der Waals surface area contributed by atoms with Crippen molar-refractivity contribution in [3.63, 3.8) is 0 Å². The maximum atomic E-state index is 10.8. The molecule has 0 fully saturated rings. The molecule has 0 atom stereocenters. The Labute approximate surface area is 113 Å². The number of benzene rings is 1. The third-order valence-corrected chi connectivity index (χ3v) is 2.55. The number of carboxylic acid groups (broad SMARTS) is 1. The SMILES string of the molecule is Cc1cc(C(=O)O)ccc1NC=C(C#N)c1nn[nH]n1. The zero-order valence-corrected chi connectivity index (χ0v) is 10.5. The molecule has 1 aromatic heterocycles. The van der Waals surface area contributed by atoms with Crippen molar-refractivity contribution in [2.75, 3.05) is 5.32 Å². The van der Waals surface area contributed by atoms with Crippen molar-refractivity contribution in [3.05, 3.63) is 41.4 Å². The number of aromatic amines is 1. The summed E-state index contributed by atoms with van der Waals surface area (Å²) in [7, 11) is 0. The van der Waals surface area contributed by atoms with E-state index in [1.54, 1.807) is 19.1 Å². The first kappa shape index (κ1) is 13.2. The topological polar surface area (TPSA) is 128 Å². The van der Waals surface area contributed by atoms with Gasteiger partial charge in [-0.25, -0.2) is 4.79 Å². The Morgan fingerprint density at radius 2 is 2.35 bits per heavy atom. The van der Waals surface area contributed by atoms with Crippen LogP contribution in [0.4, 0.5) is 5.69 Å². The number of nitriles is 1. The minimum Gasteiger partial charge on any atom is -0.478 e. The monoisotopic (exact) mass is 270 g/mol. The van der Waals surface area contributed by atoms with Gasteiger partial charge in [0.25, 0.3) is 0 Å². The fourth-order valence-corrected chi connectivity index (χ4v) is 1.53. The van der Waals surface area contributed by atoms with E-state index in [4.69, 9.17) is 10.4 Å². The molecule has 0 aliphatic rings. The molecule has 2 aromatic rings. The molecular formula is C12H10N6O2. The summed E-state index contributed by atoms with van der Waals surface area (Å²) < 4.78 is 0. The average Bonchev–Trinajstić information content (AvgIpc) is 2.95. The normalized spacial score (nSPS) is 10.9. The van der Waals surface area contributed by atoms with Crippen LogP contribution in [0.15, 0.2) is 24.4 Å². The van der Waals surface area contributed by atoms with E-state index in [2.05, 4.69) is 25.9 Å². The number of H-pyrrole nitrogens is 1. The lowest BCUT2D eigenvalue weighted by Gasteiger charge is -2.06. The zero-order chi connectivity index (χ0) is 14.5. The van der Waals surface area contributed by atoms with Gasteiger partial charge in [0.15, 0.2) is 0 Å². The van der Waals surface area contributed by atoms with Crippen LogP contribution in [-0.2, 0) is 0 Å². The number of rotatable bonds is 4. The summed E-state index contributed by atoms with van der Waals surface area (Å²) >= 11 is 0. The number of hydrogen-bond acceptors (Lipinski definition) is 6. The van der Waals surface area contributed by atoms with Gasteiger partial charge in [0.05, 0.1) is 5.56 Å². The third kappa shape index (κ3) is 2.78. The van der Waals surface area contributed by atoms with Gasteiger partial charge < -0.3 is 10.4 Å². The van der Waals surface area contributed by atoms with Gasteiger partial charge in [-0.3, -0.25) is 0 Å². The van der Waals surface area contributed by atoms with Crippen molar-refractivity contribution in [1.82, 2.24) is 20.6 Å². The predicted molar refractivity (Wildman–Crippen MR) is 69.5 cm³/mol. The van der Waals surface area contributed by atoms with Crippen molar-refractivity contribution in [2.45, 2.75) is 6.92 Å². The molecule has 8 nitrogen and oxygen atoms in total. The molecular weight excluding hydrogens is 260 g/mol. The molecule has 0 saturated heterocycles. The van der Waals surface area contributed by atoms with E-state index < -0.39 is 5.97 Å². The van der Waals surface area contributed by atoms with Crippen LogP contribution in [0.25, 0.3) is 5.57 Å². The summed E-state index contributed by atoms with van der Waals surface area (Å²) in [6.07, 6.45) is 1.44. The summed E-state index contributed by atoms with van der Waals surface area (Å²) in [4.78, 5) is 10.8. The number of aromatic nitrogens is 4. The lowest BCUT2D eigenvalue weighted by Crippen LogP contribution is -1.99. The Balaban J connectivity index is 2.22. The molecule has 0 aliphatic carbocycles. The van der Waals surface area contributed by atoms with Crippen molar-refractivity contribution in [1.29, 1.82) is 5.26 Å². The van der Waals surface area contributed by atoms with Gasteiger partial charge in [-0.2, -0.15) is 10.5 Å². The first-order valence-corrected chi connectivity index (χ1v) is 5.56. The van der Waals surface area contributed by atoms with Crippen molar-refractivity contribution >= 4 is 17.2 Å². The van der Waals surface area contributed by atoms with Crippen molar-refractivity contribution in [2.24, 2.45) is 0 Å². The number of nitrogens with one attached hydrogen (secondary N) is 2. The van der Waals surface area contributed by atoms with Gasteiger partial charge in [0, 0.05) is 11.9 Å². The van der Waals surface area contributed by atoms with Crippen LogP contribution in [0.2, 0.25) is 0 Å². The summed E-state index contributed by atoms with van der Waals surface area (Å²) in [6, 6.07) is 6.59. The van der Waals surface area contributed by atoms with Crippen LogP contribution in [0.3, 0.4) is 0 Å². The standard InChI is InChI=1S/C12H10N6O2/c1-7-4-8(12(19)20)2-3-10(7)14-6-9(5-13)11-15-17-18-16-11/h2-4,6,14H,1H3,(H,19,20)(H,15,16,17,18). The van der Waals surface area contributed by atoms with Crippen LogP contribution in [0.5, 0.6) is 0 Å². The Morgan fingerprint density at radius 1 is 1.55 bits per heavy atom. The van der Waals surface area contributed by atoms with E-state index in [1.165, 1.54) is 12.3 Å². The Bertz CT molecular complexity index is 699. The number of allylic oxidation sites excluding steroid dienone is 1. The highest BCUT2D eigenvalue weighted by Crippen LogP contribution is 2.17. The van der Waals surface area contributed by atoms with Gasteiger partial charge in [-0.1, -0.05) is 0 Å². The summed E-state index contributed by atoms with van der Waals surface area (Å²) in [5.41, 5.74) is 1.84. The molecule has 0 bridgehead atoms. The van der Waals surface area contributed by atoms with Gasteiger partial charge in [0.1, 0.15) is 11.6 Å². The third-order valence-electron chi connectivity index (χ3n) is 2.55. The smallest absolute Gasteiger partial charge is 0.335 e. The molecule has 1 heterocycles. The number of carbonyl (C=O) groups is 1. The van der Waals surface area contributed by atoms with E-state index in [0.717, 1.165) is 5.56 Å². The summed E-state index contributed by atoms with van der Waals surface area (Å²) in [6.45, 7) is 1.77. The quantitative estimate of drug-likeness (QED) is 0.711. The minimum absolute atomic E-state index is 0.180. The molecule has 1 aromatic carbocycles. The van der Waals surface area contributed by atoms with Gasteiger partial charge >= 0.3 is 5.97 Å². The Morgan fingerprint density at radius 3 is 2.90 bits per heavy atom. The maximum absolute atomic E-state index is 10.8. The number of aromatic carboxylic acids is 1. The number of hydrogen-bond donors (Lipinski definition) is 3. The first-order valence-electron chi connectivity index (χ1n) is 5.56. The second-order valence-corrected chi connectivity index (χ2v) is 3.88. The van der Waals surface area contributed by atoms with E-state index >= 15 is 0 Å². The molecule has 2 rings (SSSR count). The van der Waals surface area contributed by atoms with Crippen LogP contribution in [0, 0.1) is 18.3 Å². The highest BCUT2D eigenvalue weighted by Gasteiger charge is 2.07. The number of carboxylic acids is 1. The van der Waals surface area contributed by atoms with Crippen LogP contribution >= 0.6 is 0 Å². The van der Waals surface area contributed by atoms with E-state index in [9.17, 15) is 4.79 Å². The molecule has 0 spiro atoms. The first-order chi connectivity index (χ1) is 9.61. The second kappa shape index (κ2) is 5.62. The second-order valence-electron chi connectivity index (χ2n) is 3.88. The number of tetrazole rings is 1. The number of anilines is 1. The van der Waals surface area contributed by atoms with Crippen LogP contribution in [0.1, 0.15) is 21.7 Å². The van der Waals surface area contributed by atoms with Gasteiger partial charge in [0.2, 0.25) is 5.82 Å². The number of nitrogens with zero attached hydrogens (tertiary/aromatic N) is 4. The molecule has 0 radical (unpaired) electrons. The highest BCUT2D eigenvalue weighted by molar-refractivity contribution is 5.88. The molecule has 0 aliphatic heterocycles. The highest BCUT2D eigenvalue weighted by atomic mass is 16.4. The van der Waals surface area contributed by atoms with Crippen molar-refractivity contribution < 1.29 is 9.90 Å². The van der Waals surface area contributed by atoms with Crippen LogP contribution < -0.4 is 5.32 Å². The molecule has 100 valence electrons. The molecule has 0 saturated carbocycles. The molecule has 3 N–H and O–H groups in total. The summed E-state index contributed by atoms with van der Waals surface area (Å²) in [5, 5.41) is 33.8. The van der Waals surface area contributed by atoms with Gasteiger partial charge in [-0.05, 0) is 35.9 Å². The predicted octanol–water partition coefficient (Wildman–Crippen LogP) is 1.18. The molecule has 0 amide bonds.